The van der Waals surface area contributed by atoms with Crippen LogP contribution in [0.3, 0.4) is 0 Å². The van der Waals surface area contributed by atoms with Gasteiger partial charge in [-0.15, -0.1) is 0 Å². The molecule has 2 saturated heterocycles. The van der Waals surface area contributed by atoms with Crippen molar-refractivity contribution in [3.05, 3.63) is 24.3 Å². The fraction of sp³-hybridized carbons (Fsp3) is 0.808. The maximum Gasteiger partial charge on any atom is 0.342 e. The molecule has 3 fully saturated rings. The van der Waals surface area contributed by atoms with Gasteiger partial charge in [-0.2, -0.15) is 0 Å². The molecule has 5 aliphatic rings. The van der Waals surface area contributed by atoms with Crippen LogP contribution < -0.4 is 0 Å². The van der Waals surface area contributed by atoms with E-state index in [-0.39, 0.29) is 17.4 Å². The molecule has 0 unspecified atom stereocenters. The van der Waals surface area contributed by atoms with Crippen molar-refractivity contribution in [1.29, 1.82) is 0 Å². The third-order valence-electron chi connectivity index (χ3n) is 9.53. The molecule has 1 N–H and O–H groups in total. The summed E-state index contributed by atoms with van der Waals surface area (Å²) < 4.78 is 24.4. The molecule has 10 atom stereocenters. The highest BCUT2D eigenvalue weighted by Crippen LogP contribution is 2.71. The molecule has 0 aromatic carbocycles. The topological polar surface area (TPSA) is 74.2 Å². The Balaban J connectivity index is 1.57. The zero-order valence-electron chi connectivity index (χ0n) is 20.9. The Kier molecular flexibility index (Phi) is 5.58. The van der Waals surface area contributed by atoms with Crippen LogP contribution in [-0.2, 0) is 23.7 Å². The molecule has 5 rings (SSSR count). The van der Waals surface area contributed by atoms with Gasteiger partial charge in [0.25, 0.3) is 0 Å². The van der Waals surface area contributed by atoms with Gasteiger partial charge < -0.3 is 24.1 Å². The average Bonchev–Trinajstić information content (AvgIpc) is 2.98. The van der Waals surface area contributed by atoms with Crippen molar-refractivity contribution in [2.45, 2.75) is 76.5 Å². The van der Waals surface area contributed by atoms with Crippen LogP contribution in [-0.4, -0.2) is 63.6 Å². The van der Waals surface area contributed by atoms with Crippen molar-refractivity contribution in [1.82, 2.24) is 0 Å². The molecule has 2 bridgehead atoms. The number of methoxy groups -OCH3 is 1. The minimum atomic E-state index is -1.30. The van der Waals surface area contributed by atoms with Crippen LogP contribution in [0.15, 0.2) is 24.3 Å². The van der Waals surface area contributed by atoms with Crippen molar-refractivity contribution in [3.8, 4) is 0 Å². The van der Waals surface area contributed by atoms with Gasteiger partial charge in [0.2, 0.25) is 0 Å². The number of rotatable bonds is 5. The van der Waals surface area contributed by atoms with E-state index in [9.17, 15) is 9.90 Å². The fourth-order valence-corrected chi connectivity index (χ4v) is 8.63. The normalized spacial score (nSPS) is 50.0. The Morgan fingerprint density at radius 2 is 2.03 bits per heavy atom. The number of hydrogen-bond acceptors (Lipinski definition) is 6. The number of allylic oxidation sites excluding steroid dienone is 3. The molecule has 0 aromatic rings. The molecule has 6 nitrogen and oxygen atoms in total. The molecular formula is C26H40O6Si. The van der Waals surface area contributed by atoms with Crippen molar-refractivity contribution in [2.75, 3.05) is 20.3 Å². The van der Waals surface area contributed by atoms with Crippen molar-refractivity contribution in [2.24, 2.45) is 34.5 Å². The number of carbonyl (C=O) groups excluding carboxylic acids is 1. The standard InChI is InChI=1S/C26H40O6Si/c1-16-8-7-10-24(2)17(16)14-19-25-15-31-26(23(28)29-3,11-9-18(24)25)21(25)20(27)22(32-19)30-12-13-33(4,5)6/h7-9,11,16-22,27H,10,12-15H2,1-6H3/t16-,17+,18-,19-,20-,21-,22-,24+,25+,26-/m1/s1. The van der Waals surface area contributed by atoms with Crippen LogP contribution in [0.5, 0.6) is 0 Å². The quantitative estimate of drug-likeness (QED) is 0.370. The summed E-state index contributed by atoms with van der Waals surface area (Å²) in [5, 5.41) is 11.7. The molecule has 0 amide bonds. The van der Waals surface area contributed by atoms with Gasteiger partial charge in [0.1, 0.15) is 6.10 Å². The monoisotopic (exact) mass is 476 g/mol. The van der Waals surface area contributed by atoms with Crippen molar-refractivity contribution >= 4 is 14.0 Å². The Morgan fingerprint density at radius 3 is 2.73 bits per heavy atom. The number of ether oxygens (including phenoxy) is 4. The summed E-state index contributed by atoms with van der Waals surface area (Å²) in [5.74, 6) is 0.150. The second-order valence-corrected chi connectivity index (χ2v) is 18.1. The van der Waals surface area contributed by atoms with Crippen LogP contribution in [0.1, 0.15) is 26.7 Å². The van der Waals surface area contributed by atoms with Crippen LogP contribution in [0, 0.1) is 34.5 Å². The van der Waals surface area contributed by atoms with E-state index in [1.54, 1.807) is 0 Å². The molecule has 2 heterocycles. The molecule has 7 heteroatoms. The number of carbonyl (C=O) groups is 1. The lowest BCUT2D eigenvalue weighted by Gasteiger charge is -2.66. The summed E-state index contributed by atoms with van der Waals surface area (Å²) in [6.07, 6.45) is 8.71. The van der Waals surface area contributed by atoms with E-state index >= 15 is 0 Å². The summed E-state index contributed by atoms with van der Waals surface area (Å²) in [7, 11) is 0.0912. The minimum Gasteiger partial charge on any atom is -0.467 e. The number of esters is 1. The number of aliphatic hydroxyl groups is 1. The second-order valence-electron chi connectivity index (χ2n) is 12.5. The highest BCUT2D eigenvalue weighted by Gasteiger charge is 2.77. The average molecular weight is 477 g/mol. The summed E-state index contributed by atoms with van der Waals surface area (Å²) in [6.45, 7) is 12.5. The molecule has 0 radical (unpaired) electrons. The first-order chi connectivity index (χ1) is 15.5. The van der Waals surface area contributed by atoms with E-state index in [4.69, 9.17) is 18.9 Å². The Labute approximate surface area is 198 Å². The zero-order valence-corrected chi connectivity index (χ0v) is 21.9. The zero-order chi connectivity index (χ0) is 23.8. The molecule has 184 valence electrons. The Hall–Kier alpha value is -0.993. The minimum absolute atomic E-state index is 0.0179. The van der Waals surface area contributed by atoms with E-state index in [1.165, 1.54) is 7.11 Å². The van der Waals surface area contributed by atoms with Gasteiger partial charge in [-0.25, -0.2) is 4.79 Å². The summed E-state index contributed by atoms with van der Waals surface area (Å²) in [6, 6.07) is 0.990. The van der Waals surface area contributed by atoms with Crippen molar-refractivity contribution in [3.63, 3.8) is 0 Å². The summed E-state index contributed by atoms with van der Waals surface area (Å²) >= 11 is 0. The van der Waals surface area contributed by atoms with Gasteiger partial charge in [-0.3, -0.25) is 0 Å². The number of aliphatic hydroxyl groups excluding tert-OH is 1. The summed E-state index contributed by atoms with van der Waals surface area (Å²) in [5.41, 5.74) is -1.74. The molecular weight excluding hydrogens is 436 g/mol. The predicted molar refractivity (Wildman–Crippen MR) is 127 cm³/mol. The Morgan fingerprint density at radius 1 is 1.27 bits per heavy atom. The highest BCUT2D eigenvalue weighted by atomic mass is 28.3. The van der Waals surface area contributed by atoms with Gasteiger partial charge in [0, 0.05) is 26.0 Å². The van der Waals surface area contributed by atoms with Crippen molar-refractivity contribution < 1.29 is 28.8 Å². The fourth-order valence-electron chi connectivity index (χ4n) is 7.90. The molecule has 3 aliphatic carbocycles. The lowest BCUT2D eigenvalue weighted by molar-refractivity contribution is -0.325. The van der Waals surface area contributed by atoms with E-state index in [0.29, 0.717) is 25.0 Å². The second kappa shape index (κ2) is 7.75. The van der Waals surface area contributed by atoms with E-state index in [1.807, 2.05) is 6.08 Å². The smallest absolute Gasteiger partial charge is 0.342 e. The third-order valence-corrected chi connectivity index (χ3v) is 11.2. The van der Waals surface area contributed by atoms with Gasteiger partial charge in [0.15, 0.2) is 11.9 Å². The maximum absolute atomic E-state index is 13.1. The lowest BCUT2D eigenvalue weighted by atomic mass is 9.40. The molecule has 1 saturated carbocycles. The first kappa shape index (κ1) is 23.7. The molecule has 0 aromatic heterocycles. The Bertz CT molecular complexity index is 865. The molecule has 1 spiro atoms. The van der Waals surface area contributed by atoms with Crippen LogP contribution >= 0.6 is 0 Å². The predicted octanol–water partition coefficient (Wildman–Crippen LogP) is 3.78. The SMILES string of the molecule is COC(=O)[C@@]12C=C[C@@H]3[C@@]4(C)CC=C[C@@H](C)[C@@H]4C[C@H]4O[C@@H](OCC[Si](C)(C)C)[C@H](O)[C@@H]1[C@@]34CO2. The van der Waals surface area contributed by atoms with Gasteiger partial charge >= 0.3 is 5.97 Å². The van der Waals surface area contributed by atoms with E-state index in [2.05, 4.69) is 51.7 Å². The number of hydrogen-bond donors (Lipinski definition) is 1. The van der Waals surface area contributed by atoms with E-state index in [0.717, 1.165) is 18.9 Å². The highest BCUT2D eigenvalue weighted by molar-refractivity contribution is 6.76. The van der Waals surface area contributed by atoms with Gasteiger partial charge in [0.05, 0.1) is 19.8 Å². The first-order valence-corrected chi connectivity index (χ1v) is 16.2. The number of fused-ring (bicyclic) bond motifs is 2. The first-order valence-electron chi connectivity index (χ1n) is 12.5. The van der Waals surface area contributed by atoms with Gasteiger partial charge in [-0.05, 0) is 48.1 Å². The molecule has 33 heavy (non-hydrogen) atoms. The maximum atomic E-state index is 13.1. The third kappa shape index (κ3) is 3.22. The van der Waals surface area contributed by atoms with E-state index < -0.39 is 43.4 Å². The largest absolute Gasteiger partial charge is 0.467 e. The van der Waals surface area contributed by atoms with Crippen LogP contribution in [0.4, 0.5) is 0 Å². The van der Waals surface area contributed by atoms with Crippen LogP contribution in [0.2, 0.25) is 25.7 Å². The van der Waals surface area contributed by atoms with Crippen LogP contribution in [0.25, 0.3) is 0 Å². The van der Waals surface area contributed by atoms with Gasteiger partial charge in [-0.1, -0.05) is 51.7 Å². The molecule has 2 aliphatic heterocycles. The lowest BCUT2D eigenvalue weighted by Crippen LogP contribution is -2.71. The summed E-state index contributed by atoms with van der Waals surface area (Å²) in [4.78, 5) is 13.1.